The molecule has 1 fully saturated rings. The Morgan fingerprint density at radius 1 is 0.912 bits per heavy atom. The first kappa shape index (κ1) is 28.2. The third-order valence-corrected chi connectivity index (χ3v) is 4.04. The number of azide groups is 1. The molecular formula is C19H25N3O12. The predicted molar refractivity (Wildman–Crippen MR) is 107 cm³/mol. The lowest BCUT2D eigenvalue weighted by molar-refractivity contribution is -0.297. The molecule has 0 unspecified atom stereocenters. The number of methoxy groups -OCH3 is 1. The third kappa shape index (κ3) is 8.96. The highest BCUT2D eigenvalue weighted by atomic mass is 16.7. The summed E-state index contributed by atoms with van der Waals surface area (Å²) < 4.78 is 36.4. The summed E-state index contributed by atoms with van der Waals surface area (Å²) in [6.45, 7) is 3.43. The van der Waals surface area contributed by atoms with Gasteiger partial charge in [0.2, 0.25) is 12.4 Å². The molecule has 15 nitrogen and oxygen atoms in total. The second-order valence-corrected chi connectivity index (χ2v) is 6.73. The average molecular weight is 487 g/mol. The third-order valence-electron chi connectivity index (χ3n) is 4.04. The van der Waals surface area contributed by atoms with Crippen molar-refractivity contribution in [3.63, 3.8) is 0 Å². The van der Waals surface area contributed by atoms with E-state index in [4.69, 9.17) is 34.0 Å². The van der Waals surface area contributed by atoms with Gasteiger partial charge in [-0.3, -0.25) is 19.2 Å². The van der Waals surface area contributed by atoms with Gasteiger partial charge in [0.15, 0.2) is 12.2 Å². The van der Waals surface area contributed by atoms with E-state index < -0.39 is 73.7 Å². The predicted octanol–water partition coefficient (Wildman–Crippen LogP) is 0.453. The summed E-state index contributed by atoms with van der Waals surface area (Å²) in [5, 5.41) is 3.26. The van der Waals surface area contributed by atoms with Crippen LogP contribution in [-0.4, -0.2) is 80.8 Å². The zero-order valence-corrected chi connectivity index (χ0v) is 19.1. The Balaban J connectivity index is 3.44. The molecule has 1 saturated heterocycles. The topological polar surface area (TPSA) is 199 Å². The second-order valence-electron chi connectivity index (χ2n) is 6.73. The van der Waals surface area contributed by atoms with Crippen molar-refractivity contribution in [1.29, 1.82) is 0 Å². The molecule has 0 aromatic carbocycles. The minimum atomic E-state index is -1.55. The molecule has 0 amide bonds. The molecule has 15 heteroatoms. The van der Waals surface area contributed by atoms with E-state index in [-0.39, 0.29) is 5.57 Å². The Morgan fingerprint density at radius 2 is 1.47 bits per heavy atom. The highest BCUT2D eigenvalue weighted by Crippen LogP contribution is 2.30. The summed E-state index contributed by atoms with van der Waals surface area (Å²) in [6.07, 6.45) is -6.24. The number of esters is 5. The van der Waals surface area contributed by atoms with E-state index in [1.54, 1.807) is 0 Å². The fraction of sp³-hybridized carbons (Fsp3) is 0.632. The van der Waals surface area contributed by atoms with Crippen LogP contribution in [0.25, 0.3) is 10.4 Å². The molecule has 188 valence electrons. The van der Waals surface area contributed by atoms with E-state index in [2.05, 4.69) is 14.8 Å². The Kier molecular flexibility index (Phi) is 11.3. The normalized spacial score (nSPS) is 24.0. The molecule has 34 heavy (non-hydrogen) atoms. The molecule has 0 saturated carbocycles. The van der Waals surface area contributed by atoms with Crippen LogP contribution < -0.4 is 0 Å². The molecule has 0 aromatic rings. The van der Waals surface area contributed by atoms with Crippen molar-refractivity contribution in [3.8, 4) is 0 Å². The molecule has 0 N–H and O–H groups in total. The summed E-state index contributed by atoms with van der Waals surface area (Å²) in [5.41, 5.74) is 8.28. The lowest BCUT2D eigenvalue weighted by Crippen LogP contribution is -2.62. The van der Waals surface area contributed by atoms with E-state index in [9.17, 15) is 24.0 Å². The van der Waals surface area contributed by atoms with Crippen molar-refractivity contribution in [2.75, 3.05) is 20.3 Å². The van der Waals surface area contributed by atoms with Gasteiger partial charge in [0.1, 0.15) is 12.7 Å². The van der Waals surface area contributed by atoms with Crippen molar-refractivity contribution in [1.82, 2.24) is 0 Å². The molecule has 0 aromatic heterocycles. The van der Waals surface area contributed by atoms with Gasteiger partial charge >= 0.3 is 29.8 Å². The fourth-order valence-electron chi connectivity index (χ4n) is 2.84. The van der Waals surface area contributed by atoms with Crippen LogP contribution in [0, 0.1) is 0 Å². The smallest absolute Gasteiger partial charge is 0.336 e. The zero-order valence-electron chi connectivity index (χ0n) is 19.1. The summed E-state index contributed by atoms with van der Waals surface area (Å²) in [7, 11) is 1.08. The second kappa shape index (κ2) is 13.6. The van der Waals surface area contributed by atoms with Crippen LogP contribution in [0.1, 0.15) is 27.7 Å². The molecule has 0 spiro atoms. The number of carbonyl (C=O) groups is 5. The number of hydrogen-bond donors (Lipinski definition) is 0. The average Bonchev–Trinajstić information content (AvgIpc) is 2.74. The van der Waals surface area contributed by atoms with E-state index in [0.717, 1.165) is 41.1 Å². The molecule has 0 aliphatic carbocycles. The molecule has 0 bridgehead atoms. The molecular weight excluding hydrogens is 462 g/mol. The van der Waals surface area contributed by atoms with Gasteiger partial charge in [-0.05, 0) is 5.53 Å². The highest BCUT2D eigenvalue weighted by Gasteiger charge is 2.53. The van der Waals surface area contributed by atoms with Gasteiger partial charge in [-0.2, -0.15) is 0 Å². The van der Waals surface area contributed by atoms with Crippen LogP contribution in [-0.2, 0) is 57.1 Å². The molecule has 1 aliphatic rings. The van der Waals surface area contributed by atoms with Crippen LogP contribution in [0.2, 0.25) is 0 Å². The number of ether oxygens (including phenoxy) is 7. The van der Waals surface area contributed by atoms with Gasteiger partial charge in [-0.15, -0.1) is 0 Å². The van der Waals surface area contributed by atoms with Gasteiger partial charge in [0.05, 0.1) is 25.5 Å². The Labute approximate surface area is 193 Å². The minimum absolute atomic E-state index is 0.229. The van der Waals surface area contributed by atoms with Crippen LogP contribution in [0.5, 0.6) is 0 Å². The van der Waals surface area contributed by atoms with Crippen molar-refractivity contribution >= 4 is 29.8 Å². The van der Waals surface area contributed by atoms with E-state index in [1.807, 2.05) is 0 Å². The Hall–Kier alpha value is -3.84. The van der Waals surface area contributed by atoms with Gasteiger partial charge in [-0.25, -0.2) is 4.79 Å². The van der Waals surface area contributed by atoms with Crippen LogP contribution >= 0.6 is 0 Å². The van der Waals surface area contributed by atoms with E-state index in [0.29, 0.717) is 0 Å². The van der Waals surface area contributed by atoms with Crippen molar-refractivity contribution in [3.05, 3.63) is 22.3 Å². The quantitative estimate of drug-likeness (QED) is 0.0785. The summed E-state index contributed by atoms with van der Waals surface area (Å²) in [6, 6.07) is 0. The number of nitrogens with zero attached hydrogens (tertiary/aromatic N) is 3. The van der Waals surface area contributed by atoms with Crippen molar-refractivity contribution in [2.24, 2.45) is 5.11 Å². The van der Waals surface area contributed by atoms with E-state index >= 15 is 0 Å². The largest absolute Gasteiger partial charge is 0.468 e. The lowest BCUT2D eigenvalue weighted by Gasteiger charge is -2.43. The summed E-state index contributed by atoms with van der Waals surface area (Å²) >= 11 is 0. The summed E-state index contributed by atoms with van der Waals surface area (Å²) in [5.74, 6) is -4.01. The van der Waals surface area contributed by atoms with E-state index in [1.165, 1.54) is 0 Å². The van der Waals surface area contributed by atoms with Crippen molar-refractivity contribution in [2.45, 2.75) is 58.4 Å². The first-order valence-corrected chi connectivity index (χ1v) is 9.74. The van der Waals surface area contributed by atoms with Crippen molar-refractivity contribution < 1.29 is 57.1 Å². The standard InChI is InChI=1S/C19H25N3O12/c1-9(23)29-8-14-15(31-10(2)24)16(32-11(3)25)17(33-12(4)26)19(34-14)30-7-13(6-21-22-20)18(27)28-5/h7,14-17,19H,6,8H2,1-5H3/b13-7+/t14-,15-,16+,17-,19-/m1/s1. The minimum Gasteiger partial charge on any atom is -0.468 e. The SMILES string of the molecule is COC(=O)/C(=C/O[C@@H]1O[C@H](COC(C)=O)[C@@H](OC(C)=O)[C@H](OC(C)=O)[C@H]1OC(C)=O)CN=[N+]=[N-]. The van der Waals surface area contributed by atoms with Crippen LogP contribution in [0.3, 0.4) is 0 Å². The number of rotatable bonds is 10. The monoisotopic (exact) mass is 487 g/mol. The molecule has 1 heterocycles. The summed E-state index contributed by atoms with van der Waals surface area (Å²) in [4.78, 5) is 61.0. The Morgan fingerprint density at radius 3 is 1.97 bits per heavy atom. The van der Waals surface area contributed by atoms with Crippen LogP contribution in [0.15, 0.2) is 16.9 Å². The maximum atomic E-state index is 11.9. The van der Waals surface area contributed by atoms with Gasteiger partial charge < -0.3 is 33.2 Å². The molecule has 1 aliphatic heterocycles. The fourth-order valence-corrected chi connectivity index (χ4v) is 2.84. The highest BCUT2D eigenvalue weighted by molar-refractivity contribution is 5.88. The molecule has 5 atom stereocenters. The Bertz CT molecular complexity index is 867. The maximum absolute atomic E-state index is 11.9. The van der Waals surface area contributed by atoms with Crippen LogP contribution in [0.4, 0.5) is 0 Å². The van der Waals surface area contributed by atoms with Gasteiger partial charge in [0.25, 0.3) is 0 Å². The van der Waals surface area contributed by atoms with Gasteiger partial charge in [0, 0.05) is 32.6 Å². The lowest BCUT2D eigenvalue weighted by atomic mass is 9.98. The first-order valence-electron chi connectivity index (χ1n) is 9.74. The molecule has 0 radical (unpaired) electrons. The van der Waals surface area contributed by atoms with Gasteiger partial charge in [-0.1, -0.05) is 5.11 Å². The molecule has 1 rings (SSSR count). The first-order chi connectivity index (χ1) is 16.0. The maximum Gasteiger partial charge on any atom is 0.336 e. The zero-order chi connectivity index (χ0) is 25.8. The number of carbonyl (C=O) groups excluding carboxylic acids is 5. The number of hydrogen-bond acceptors (Lipinski definition) is 13.